The molecule has 0 amide bonds. The zero-order chi connectivity index (χ0) is 20.4. The molecule has 4 rings (SSSR count). The van der Waals surface area contributed by atoms with E-state index in [0.717, 1.165) is 22.3 Å². The van der Waals surface area contributed by atoms with Gasteiger partial charge in [-0.3, -0.25) is 4.98 Å². The van der Waals surface area contributed by atoms with E-state index in [2.05, 4.69) is 30.5 Å². The number of rotatable bonds is 5. The summed E-state index contributed by atoms with van der Waals surface area (Å²) in [6.45, 7) is 3.87. The van der Waals surface area contributed by atoms with Gasteiger partial charge in [0, 0.05) is 10.9 Å². The lowest BCUT2D eigenvalue weighted by atomic mass is 10.1. The zero-order valence-corrected chi connectivity index (χ0v) is 16.2. The van der Waals surface area contributed by atoms with Crippen molar-refractivity contribution in [1.82, 2.24) is 25.1 Å². The molecule has 3 heterocycles. The molecule has 1 atom stereocenters. The van der Waals surface area contributed by atoms with Crippen molar-refractivity contribution in [1.29, 1.82) is 0 Å². The van der Waals surface area contributed by atoms with Crippen molar-refractivity contribution in [2.75, 3.05) is 12.4 Å². The molecular formula is C21H19FN6O. The third kappa shape index (κ3) is 3.82. The minimum Gasteiger partial charge on any atom is -0.494 e. The molecule has 0 bridgehead atoms. The molecule has 0 aliphatic rings. The fourth-order valence-electron chi connectivity index (χ4n) is 3.02. The van der Waals surface area contributed by atoms with E-state index in [1.165, 1.54) is 18.6 Å². The van der Waals surface area contributed by atoms with Crippen molar-refractivity contribution in [3.8, 4) is 17.0 Å². The number of benzene rings is 1. The van der Waals surface area contributed by atoms with Gasteiger partial charge in [0.15, 0.2) is 0 Å². The molecule has 0 saturated heterocycles. The number of fused-ring (bicyclic) bond motifs is 1. The third-order valence-electron chi connectivity index (χ3n) is 4.56. The predicted octanol–water partition coefficient (Wildman–Crippen LogP) is 4.11. The second kappa shape index (κ2) is 7.75. The van der Waals surface area contributed by atoms with Crippen LogP contribution in [0.2, 0.25) is 0 Å². The highest BCUT2D eigenvalue weighted by molar-refractivity contribution is 5.96. The van der Waals surface area contributed by atoms with Crippen molar-refractivity contribution in [2.45, 2.75) is 19.9 Å². The Kier molecular flexibility index (Phi) is 4.99. The van der Waals surface area contributed by atoms with Gasteiger partial charge in [0.1, 0.15) is 29.2 Å². The highest BCUT2D eigenvalue weighted by atomic mass is 19.1. The summed E-state index contributed by atoms with van der Waals surface area (Å²) in [4.78, 5) is 12.9. The van der Waals surface area contributed by atoms with E-state index < -0.39 is 0 Å². The fourth-order valence-corrected chi connectivity index (χ4v) is 3.02. The summed E-state index contributed by atoms with van der Waals surface area (Å²) in [6, 6.07) is 10.5. The maximum absolute atomic E-state index is 13.3. The number of hydrogen-bond acceptors (Lipinski definition) is 7. The number of pyridine rings is 1. The third-order valence-corrected chi connectivity index (χ3v) is 4.56. The second-order valence-corrected chi connectivity index (χ2v) is 6.62. The maximum Gasteiger partial charge on any atom is 0.145 e. The number of anilines is 1. The Balaban J connectivity index is 1.78. The number of nitrogens with zero attached hydrogens (tertiary/aromatic N) is 5. The van der Waals surface area contributed by atoms with Crippen molar-refractivity contribution < 1.29 is 9.13 Å². The lowest BCUT2D eigenvalue weighted by molar-refractivity contribution is 0.419. The van der Waals surface area contributed by atoms with Crippen LogP contribution in [0.25, 0.3) is 22.2 Å². The van der Waals surface area contributed by atoms with E-state index in [1.807, 2.05) is 38.1 Å². The molecule has 0 radical (unpaired) electrons. The molecule has 1 unspecified atom stereocenters. The Labute approximate surface area is 167 Å². The lowest BCUT2D eigenvalue weighted by Gasteiger charge is -2.16. The fraction of sp³-hybridized carbons (Fsp3) is 0.190. The molecule has 0 aliphatic heterocycles. The SMILES string of the molecule is COc1cc(-c2ccc(F)cn2)cc2c(NC(C)c3ccc(C)nn3)ncnc12. The predicted molar refractivity (Wildman–Crippen MR) is 108 cm³/mol. The van der Waals surface area contributed by atoms with Gasteiger partial charge in [-0.15, -0.1) is 0 Å². The standard InChI is InChI=1S/C21H19FN6O/c1-12-4-6-17(28-27-12)13(2)26-21-16-8-14(18-7-5-15(22)10-23-18)9-19(29-3)20(16)24-11-25-21/h4-11,13H,1-3H3,(H,24,25,26). The van der Waals surface area contributed by atoms with E-state index in [-0.39, 0.29) is 11.9 Å². The highest BCUT2D eigenvalue weighted by Gasteiger charge is 2.15. The van der Waals surface area contributed by atoms with E-state index in [1.54, 1.807) is 13.2 Å². The minimum absolute atomic E-state index is 0.125. The van der Waals surface area contributed by atoms with Gasteiger partial charge < -0.3 is 10.1 Å². The molecule has 8 heteroatoms. The number of aryl methyl sites for hydroxylation is 1. The van der Waals surface area contributed by atoms with E-state index in [4.69, 9.17) is 4.74 Å². The van der Waals surface area contributed by atoms with Crippen LogP contribution in [0.4, 0.5) is 10.2 Å². The summed E-state index contributed by atoms with van der Waals surface area (Å²) < 4.78 is 18.8. The molecule has 1 aromatic carbocycles. The summed E-state index contributed by atoms with van der Waals surface area (Å²) in [5, 5.41) is 12.5. The molecule has 3 aromatic heterocycles. The Morgan fingerprint density at radius 1 is 1.03 bits per heavy atom. The first kappa shape index (κ1) is 18.7. The van der Waals surface area contributed by atoms with Crippen molar-refractivity contribution in [2.24, 2.45) is 0 Å². The number of nitrogens with one attached hydrogen (secondary N) is 1. The smallest absolute Gasteiger partial charge is 0.145 e. The number of ether oxygens (including phenoxy) is 1. The van der Waals surface area contributed by atoms with Gasteiger partial charge in [-0.1, -0.05) is 0 Å². The number of aromatic nitrogens is 5. The normalized spacial score (nSPS) is 12.0. The summed E-state index contributed by atoms with van der Waals surface area (Å²) >= 11 is 0. The van der Waals surface area contributed by atoms with Crippen LogP contribution in [0.15, 0.2) is 48.9 Å². The van der Waals surface area contributed by atoms with Gasteiger partial charge in [-0.25, -0.2) is 14.4 Å². The van der Waals surface area contributed by atoms with Crippen LogP contribution in [0.5, 0.6) is 5.75 Å². The molecule has 7 nitrogen and oxygen atoms in total. The number of methoxy groups -OCH3 is 1. The Bertz CT molecular complexity index is 1150. The molecule has 29 heavy (non-hydrogen) atoms. The van der Waals surface area contributed by atoms with Crippen LogP contribution >= 0.6 is 0 Å². The first-order valence-electron chi connectivity index (χ1n) is 9.06. The summed E-state index contributed by atoms with van der Waals surface area (Å²) in [5.74, 6) is 0.823. The molecule has 146 valence electrons. The number of hydrogen-bond donors (Lipinski definition) is 1. The minimum atomic E-state index is -0.389. The Morgan fingerprint density at radius 2 is 1.90 bits per heavy atom. The topological polar surface area (TPSA) is 85.7 Å². The highest BCUT2D eigenvalue weighted by Crippen LogP contribution is 2.34. The summed E-state index contributed by atoms with van der Waals surface area (Å²) in [6.07, 6.45) is 2.67. The average molecular weight is 390 g/mol. The van der Waals surface area contributed by atoms with Crippen LogP contribution in [-0.2, 0) is 0 Å². The first-order valence-corrected chi connectivity index (χ1v) is 9.06. The van der Waals surface area contributed by atoms with Gasteiger partial charge in [-0.05, 0) is 50.2 Å². The first-order chi connectivity index (χ1) is 14.0. The average Bonchev–Trinajstić information content (AvgIpc) is 2.74. The molecule has 0 fully saturated rings. The Morgan fingerprint density at radius 3 is 2.59 bits per heavy atom. The van der Waals surface area contributed by atoms with Gasteiger partial charge in [-0.2, -0.15) is 10.2 Å². The molecule has 4 aromatic rings. The van der Waals surface area contributed by atoms with Crippen LogP contribution in [0, 0.1) is 12.7 Å². The second-order valence-electron chi connectivity index (χ2n) is 6.62. The van der Waals surface area contributed by atoms with Gasteiger partial charge >= 0.3 is 0 Å². The van der Waals surface area contributed by atoms with E-state index >= 15 is 0 Å². The summed E-state index contributed by atoms with van der Waals surface area (Å²) in [7, 11) is 1.58. The molecule has 0 aliphatic carbocycles. The Hall–Kier alpha value is -3.68. The monoisotopic (exact) mass is 390 g/mol. The zero-order valence-electron chi connectivity index (χ0n) is 16.2. The van der Waals surface area contributed by atoms with Crippen molar-refractivity contribution >= 4 is 16.7 Å². The maximum atomic E-state index is 13.3. The quantitative estimate of drug-likeness (QED) is 0.549. The van der Waals surface area contributed by atoms with Crippen LogP contribution in [0.3, 0.4) is 0 Å². The van der Waals surface area contributed by atoms with Gasteiger partial charge in [0.2, 0.25) is 0 Å². The van der Waals surface area contributed by atoms with Crippen LogP contribution in [0.1, 0.15) is 24.4 Å². The van der Waals surface area contributed by atoms with E-state index in [9.17, 15) is 4.39 Å². The number of halogens is 1. The molecule has 1 N–H and O–H groups in total. The largest absolute Gasteiger partial charge is 0.494 e. The van der Waals surface area contributed by atoms with Gasteiger partial charge in [0.25, 0.3) is 0 Å². The molecular weight excluding hydrogens is 371 g/mol. The van der Waals surface area contributed by atoms with Crippen LogP contribution in [-0.4, -0.2) is 32.3 Å². The van der Waals surface area contributed by atoms with Crippen molar-refractivity contribution in [3.05, 3.63) is 66.1 Å². The van der Waals surface area contributed by atoms with Crippen LogP contribution < -0.4 is 10.1 Å². The summed E-state index contributed by atoms with van der Waals surface area (Å²) in [5.41, 5.74) is 3.71. The van der Waals surface area contributed by atoms with Gasteiger partial charge in [0.05, 0.1) is 36.4 Å². The molecule has 0 spiro atoms. The molecule has 0 saturated carbocycles. The lowest BCUT2D eigenvalue weighted by Crippen LogP contribution is -2.11. The van der Waals surface area contributed by atoms with Crippen molar-refractivity contribution in [3.63, 3.8) is 0 Å². The van der Waals surface area contributed by atoms with E-state index in [0.29, 0.717) is 22.8 Å².